The zero-order chi connectivity index (χ0) is 22.0. The van der Waals surface area contributed by atoms with Gasteiger partial charge in [0, 0.05) is 18.0 Å². The van der Waals surface area contributed by atoms with E-state index in [9.17, 15) is 4.79 Å². The molecule has 4 rings (SSSR count). The van der Waals surface area contributed by atoms with Crippen LogP contribution in [0.1, 0.15) is 10.4 Å². The lowest BCUT2D eigenvalue weighted by Crippen LogP contribution is -2.35. The summed E-state index contributed by atoms with van der Waals surface area (Å²) < 4.78 is 16.6. The maximum absolute atomic E-state index is 12.0. The van der Waals surface area contributed by atoms with E-state index in [1.54, 1.807) is 29.7 Å². The second kappa shape index (κ2) is 11.3. The largest absolute Gasteiger partial charge is 0.489 e. The number of hydrogen-bond donors (Lipinski definition) is 1. The number of benzene rings is 2. The minimum Gasteiger partial charge on any atom is -0.489 e. The number of anilines is 1. The molecule has 1 N–H and O–H groups in total. The van der Waals surface area contributed by atoms with Crippen LogP contribution in [0.25, 0.3) is 0 Å². The maximum atomic E-state index is 12.0. The highest BCUT2D eigenvalue weighted by molar-refractivity contribution is 7.17. The highest BCUT2D eigenvalue weighted by Crippen LogP contribution is 2.25. The standard InChI is InChI=1S/C24H25N3O4S/c28-23(26-25-16-22-10-11-24(32-22)27-12-14-29-15-13-27)18-31-21-8-6-20(7-9-21)30-17-19-4-2-1-3-5-19/h1-11,16H,12-15,17-18H2,(H,26,28)/b25-16-. The lowest BCUT2D eigenvalue weighted by Gasteiger charge is -2.27. The Labute approximate surface area is 191 Å². The summed E-state index contributed by atoms with van der Waals surface area (Å²) in [5, 5.41) is 5.20. The molecule has 1 aliphatic rings. The molecule has 0 spiro atoms. The third-order valence-electron chi connectivity index (χ3n) is 4.76. The Bertz CT molecular complexity index is 1020. The van der Waals surface area contributed by atoms with E-state index in [0.29, 0.717) is 12.4 Å². The van der Waals surface area contributed by atoms with Crippen molar-refractivity contribution in [3.63, 3.8) is 0 Å². The third-order valence-corrected chi connectivity index (χ3v) is 5.84. The molecule has 0 saturated carbocycles. The normalized spacial score (nSPS) is 13.8. The van der Waals surface area contributed by atoms with Crippen LogP contribution in [0.5, 0.6) is 11.5 Å². The second-order valence-electron chi connectivity index (χ2n) is 7.10. The number of thiophene rings is 1. The Morgan fingerprint density at radius 1 is 1.00 bits per heavy atom. The van der Waals surface area contributed by atoms with Crippen LogP contribution in [0.4, 0.5) is 5.00 Å². The molecule has 2 aromatic carbocycles. The molecule has 2 heterocycles. The highest BCUT2D eigenvalue weighted by Gasteiger charge is 2.12. The van der Waals surface area contributed by atoms with Crippen LogP contribution in [0.15, 0.2) is 71.8 Å². The van der Waals surface area contributed by atoms with Crippen molar-refractivity contribution in [1.82, 2.24) is 5.43 Å². The van der Waals surface area contributed by atoms with Gasteiger partial charge in [-0.25, -0.2) is 5.43 Å². The maximum Gasteiger partial charge on any atom is 0.277 e. The van der Waals surface area contributed by atoms with Gasteiger partial charge in [-0.1, -0.05) is 30.3 Å². The number of rotatable bonds is 9. The minimum atomic E-state index is -0.324. The zero-order valence-electron chi connectivity index (χ0n) is 17.6. The van der Waals surface area contributed by atoms with Crippen molar-refractivity contribution in [3.05, 3.63) is 77.2 Å². The van der Waals surface area contributed by atoms with Gasteiger partial charge in [-0.2, -0.15) is 5.10 Å². The Kier molecular flexibility index (Phi) is 7.73. The molecule has 166 valence electrons. The summed E-state index contributed by atoms with van der Waals surface area (Å²) in [6.45, 7) is 3.67. The van der Waals surface area contributed by atoms with E-state index in [2.05, 4.69) is 21.5 Å². The van der Waals surface area contributed by atoms with Gasteiger partial charge in [0.25, 0.3) is 5.91 Å². The van der Waals surface area contributed by atoms with E-state index in [1.807, 2.05) is 48.5 Å². The molecule has 8 heteroatoms. The molecular weight excluding hydrogens is 426 g/mol. The SMILES string of the molecule is O=C(COc1ccc(OCc2ccccc2)cc1)N/N=C\c1ccc(N2CCOCC2)s1. The van der Waals surface area contributed by atoms with Crippen LogP contribution >= 0.6 is 11.3 Å². The van der Waals surface area contributed by atoms with Gasteiger partial charge in [-0.05, 0) is 42.0 Å². The third kappa shape index (κ3) is 6.57. The van der Waals surface area contributed by atoms with Crippen molar-refractivity contribution >= 4 is 28.5 Å². The summed E-state index contributed by atoms with van der Waals surface area (Å²) in [5.41, 5.74) is 3.60. The average Bonchev–Trinajstić information content (AvgIpc) is 3.32. The van der Waals surface area contributed by atoms with Crippen molar-refractivity contribution in [2.45, 2.75) is 6.61 Å². The minimum absolute atomic E-state index is 0.120. The second-order valence-corrected chi connectivity index (χ2v) is 8.20. The number of nitrogens with zero attached hydrogens (tertiary/aromatic N) is 2. The molecule has 3 aromatic rings. The Balaban J connectivity index is 1.17. The molecule has 0 aliphatic carbocycles. The number of nitrogens with one attached hydrogen (secondary N) is 1. The highest BCUT2D eigenvalue weighted by atomic mass is 32.1. The molecule has 1 aliphatic heterocycles. The number of carbonyl (C=O) groups excluding carboxylic acids is 1. The number of ether oxygens (including phenoxy) is 3. The predicted molar refractivity (Wildman–Crippen MR) is 126 cm³/mol. The van der Waals surface area contributed by atoms with Gasteiger partial charge in [0.2, 0.25) is 0 Å². The molecule has 0 bridgehead atoms. The first-order valence-corrected chi connectivity index (χ1v) is 11.2. The summed E-state index contributed by atoms with van der Waals surface area (Å²) in [6, 6.07) is 21.2. The molecule has 1 aromatic heterocycles. The molecule has 1 fully saturated rings. The van der Waals surface area contributed by atoms with E-state index in [4.69, 9.17) is 14.2 Å². The van der Waals surface area contributed by atoms with Gasteiger partial charge < -0.3 is 19.1 Å². The molecule has 0 atom stereocenters. The smallest absolute Gasteiger partial charge is 0.277 e. The molecule has 0 unspecified atom stereocenters. The van der Waals surface area contributed by atoms with E-state index >= 15 is 0 Å². The number of morpholine rings is 1. The lowest BCUT2D eigenvalue weighted by molar-refractivity contribution is -0.123. The average molecular weight is 452 g/mol. The number of hydrazone groups is 1. The summed E-state index contributed by atoms with van der Waals surface area (Å²) in [4.78, 5) is 15.3. The predicted octanol–water partition coefficient (Wildman–Crippen LogP) is 3.69. The van der Waals surface area contributed by atoms with Gasteiger partial charge >= 0.3 is 0 Å². The number of carbonyl (C=O) groups is 1. The van der Waals surface area contributed by atoms with Crippen molar-refractivity contribution < 1.29 is 19.0 Å². The molecular formula is C24H25N3O4S. The molecule has 1 saturated heterocycles. The summed E-state index contributed by atoms with van der Waals surface area (Å²) >= 11 is 1.63. The molecule has 32 heavy (non-hydrogen) atoms. The van der Waals surface area contributed by atoms with Crippen LogP contribution in [0.3, 0.4) is 0 Å². The van der Waals surface area contributed by atoms with Crippen LogP contribution in [-0.2, 0) is 16.1 Å². The Morgan fingerprint density at radius 2 is 1.72 bits per heavy atom. The molecule has 0 radical (unpaired) electrons. The van der Waals surface area contributed by atoms with Crippen LogP contribution < -0.4 is 19.8 Å². The quantitative estimate of drug-likeness (QED) is 0.397. The monoisotopic (exact) mass is 451 g/mol. The number of hydrogen-bond acceptors (Lipinski definition) is 7. The fourth-order valence-electron chi connectivity index (χ4n) is 3.09. The summed E-state index contributed by atoms with van der Waals surface area (Å²) in [5.74, 6) is 1.00. The van der Waals surface area contributed by atoms with Gasteiger partial charge in [0.05, 0.1) is 24.4 Å². The topological polar surface area (TPSA) is 72.4 Å². The zero-order valence-corrected chi connectivity index (χ0v) is 18.4. The van der Waals surface area contributed by atoms with Gasteiger partial charge in [-0.3, -0.25) is 4.79 Å². The Hall–Kier alpha value is -3.36. The Morgan fingerprint density at radius 3 is 2.47 bits per heavy atom. The van der Waals surface area contributed by atoms with E-state index in [-0.39, 0.29) is 12.5 Å². The fraction of sp³-hybridized carbons (Fsp3) is 0.250. The first kappa shape index (κ1) is 21.9. The van der Waals surface area contributed by atoms with Gasteiger partial charge in [0.15, 0.2) is 6.61 Å². The van der Waals surface area contributed by atoms with E-state index < -0.39 is 0 Å². The first-order chi connectivity index (χ1) is 15.8. The van der Waals surface area contributed by atoms with Crippen LogP contribution in [-0.4, -0.2) is 45.0 Å². The first-order valence-electron chi connectivity index (χ1n) is 10.4. The molecule has 1 amide bonds. The van der Waals surface area contributed by atoms with Gasteiger partial charge in [0.1, 0.15) is 18.1 Å². The van der Waals surface area contributed by atoms with Crippen molar-refractivity contribution in [3.8, 4) is 11.5 Å². The van der Waals surface area contributed by atoms with E-state index in [0.717, 1.165) is 42.5 Å². The lowest BCUT2D eigenvalue weighted by atomic mass is 10.2. The van der Waals surface area contributed by atoms with Crippen molar-refractivity contribution in [2.75, 3.05) is 37.8 Å². The van der Waals surface area contributed by atoms with Crippen molar-refractivity contribution in [2.24, 2.45) is 5.10 Å². The summed E-state index contributed by atoms with van der Waals surface area (Å²) in [6.07, 6.45) is 1.64. The van der Waals surface area contributed by atoms with Crippen LogP contribution in [0.2, 0.25) is 0 Å². The summed E-state index contributed by atoms with van der Waals surface area (Å²) in [7, 11) is 0. The van der Waals surface area contributed by atoms with E-state index in [1.165, 1.54) is 5.00 Å². The van der Waals surface area contributed by atoms with Crippen molar-refractivity contribution in [1.29, 1.82) is 0 Å². The molecule has 7 nitrogen and oxygen atoms in total. The van der Waals surface area contributed by atoms with Gasteiger partial charge in [-0.15, -0.1) is 11.3 Å². The number of amides is 1. The van der Waals surface area contributed by atoms with Crippen LogP contribution in [0, 0.1) is 0 Å². The fourth-order valence-corrected chi connectivity index (χ4v) is 4.02.